The molecule has 0 nitrogen and oxygen atoms in total. The molecule has 0 aliphatic heterocycles. The van der Waals surface area contributed by atoms with Gasteiger partial charge in [-0.2, -0.15) is 0 Å². The van der Waals surface area contributed by atoms with E-state index < -0.39 is 0 Å². The molecule has 1 aromatic rings. The lowest BCUT2D eigenvalue weighted by Crippen LogP contribution is -1.98. The number of hydrogen-bond donors (Lipinski definition) is 0. The number of rotatable bonds is 4. The number of fused-ring (bicyclic) bond motifs is 8. The lowest BCUT2D eigenvalue weighted by molar-refractivity contribution is 0.932. The van der Waals surface area contributed by atoms with Gasteiger partial charge < -0.3 is 0 Å². The van der Waals surface area contributed by atoms with Crippen molar-refractivity contribution in [1.82, 2.24) is 0 Å². The standard InChI is InChI=1S/C26H26/c1-5-8-9-11-24(7-3)26-20-23-16-15-22(10-6-2)14-12-21(4)13-18-25(26)19-17-23/h6-7,9-12,14,17,19-20H,1-4,13,15-16,18H2/b14-12-,22-10+,24-11+. The van der Waals surface area contributed by atoms with E-state index in [1.165, 1.54) is 22.3 Å². The van der Waals surface area contributed by atoms with Crippen LogP contribution in [0, 0.1) is 0 Å². The lowest BCUT2D eigenvalue weighted by Gasteiger charge is -2.14. The topological polar surface area (TPSA) is 0 Å². The molecule has 26 heavy (non-hydrogen) atoms. The second kappa shape index (κ2) is 10.1. The van der Waals surface area contributed by atoms with Crippen LogP contribution in [0.5, 0.6) is 0 Å². The first kappa shape index (κ1) is 19.3. The molecular weight excluding hydrogens is 312 g/mol. The molecule has 0 unspecified atom stereocenters. The Morgan fingerprint density at radius 3 is 2.62 bits per heavy atom. The second-order valence-corrected chi connectivity index (χ2v) is 6.27. The predicted molar refractivity (Wildman–Crippen MR) is 115 cm³/mol. The van der Waals surface area contributed by atoms with Gasteiger partial charge in [0.2, 0.25) is 0 Å². The van der Waals surface area contributed by atoms with Gasteiger partial charge in [-0.3, -0.25) is 0 Å². The highest BCUT2D eigenvalue weighted by atomic mass is 14.1. The fourth-order valence-corrected chi connectivity index (χ4v) is 2.99. The van der Waals surface area contributed by atoms with E-state index in [1.54, 1.807) is 0 Å². The van der Waals surface area contributed by atoms with Gasteiger partial charge in [-0.15, -0.1) is 0 Å². The summed E-state index contributed by atoms with van der Waals surface area (Å²) in [6, 6.07) is 6.76. The zero-order valence-corrected chi connectivity index (χ0v) is 15.4. The van der Waals surface area contributed by atoms with Crippen LogP contribution in [0.1, 0.15) is 29.5 Å². The van der Waals surface area contributed by atoms with Crippen molar-refractivity contribution >= 4 is 5.57 Å². The molecule has 2 aliphatic rings. The molecule has 0 fully saturated rings. The Morgan fingerprint density at radius 2 is 1.88 bits per heavy atom. The predicted octanol–water partition coefficient (Wildman–Crippen LogP) is 6.86. The van der Waals surface area contributed by atoms with Gasteiger partial charge in [0.1, 0.15) is 0 Å². The van der Waals surface area contributed by atoms with Crippen LogP contribution in [0.25, 0.3) is 5.57 Å². The van der Waals surface area contributed by atoms with E-state index in [0.717, 1.165) is 36.8 Å². The fourth-order valence-electron chi connectivity index (χ4n) is 2.99. The summed E-state index contributed by atoms with van der Waals surface area (Å²) in [5.74, 6) is 0. The Hall–Kier alpha value is -3.04. The summed E-state index contributed by atoms with van der Waals surface area (Å²) in [6.07, 6.45) is 17.8. The van der Waals surface area contributed by atoms with Crippen molar-refractivity contribution < 1.29 is 0 Å². The van der Waals surface area contributed by atoms with Gasteiger partial charge in [0.15, 0.2) is 0 Å². The molecule has 0 atom stereocenters. The molecule has 130 valence electrons. The maximum atomic E-state index is 4.20. The molecule has 0 spiro atoms. The highest BCUT2D eigenvalue weighted by Gasteiger charge is 2.09. The maximum absolute atomic E-state index is 4.20. The first-order valence-electron chi connectivity index (χ1n) is 8.91. The largest absolute Gasteiger partial charge is 0.0991 e. The van der Waals surface area contributed by atoms with Crippen molar-refractivity contribution in [2.45, 2.75) is 25.7 Å². The Balaban J connectivity index is 2.50. The molecule has 2 bridgehead atoms. The Labute approximate surface area is 158 Å². The van der Waals surface area contributed by atoms with Crippen LogP contribution in [-0.2, 0) is 12.8 Å². The average molecular weight is 338 g/mol. The molecule has 2 aliphatic carbocycles. The molecular formula is C26H26. The highest BCUT2D eigenvalue weighted by Crippen LogP contribution is 2.26. The molecule has 0 heteroatoms. The van der Waals surface area contributed by atoms with Crippen LogP contribution >= 0.6 is 0 Å². The third-order valence-corrected chi connectivity index (χ3v) is 4.44. The summed E-state index contributed by atoms with van der Waals surface area (Å²) in [5.41, 5.74) is 12.9. The van der Waals surface area contributed by atoms with E-state index >= 15 is 0 Å². The number of allylic oxidation sites excluding steroid dienone is 10. The summed E-state index contributed by atoms with van der Waals surface area (Å²) in [6.45, 7) is 15.6. The van der Waals surface area contributed by atoms with Crippen molar-refractivity contribution in [2.75, 3.05) is 0 Å². The van der Waals surface area contributed by atoms with Crippen molar-refractivity contribution in [1.29, 1.82) is 0 Å². The highest BCUT2D eigenvalue weighted by molar-refractivity contribution is 5.77. The first-order chi connectivity index (χ1) is 12.7. The van der Waals surface area contributed by atoms with Gasteiger partial charge >= 0.3 is 0 Å². The van der Waals surface area contributed by atoms with E-state index in [-0.39, 0.29) is 0 Å². The van der Waals surface area contributed by atoms with Crippen LogP contribution in [-0.4, -0.2) is 0 Å². The van der Waals surface area contributed by atoms with E-state index in [4.69, 9.17) is 0 Å². The molecule has 0 aromatic heterocycles. The van der Waals surface area contributed by atoms with Gasteiger partial charge in [-0.05, 0) is 72.3 Å². The second-order valence-electron chi connectivity index (χ2n) is 6.27. The van der Waals surface area contributed by atoms with Gasteiger partial charge in [0.25, 0.3) is 0 Å². The molecule has 3 rings (SSSR count). The summed E-state index contributed by atoms with van der Waals surface area (Å²) >= 11 is 0. The zero-order chi connectivity index (χ0) is 18.8. The smallest absolute Gasteiger partial charge is 0.0109 e. The number of aryl methyl sites for hydroxylation is 2. The van der Waals surface area contributed by atoms with Crippen molar-refractivity contribution in [3.8, 4) is 0 Å². The lowest BCUT2D eigenvalue weighted by atomic mass is 9.90. The average Bonchev–Trinajstić information content (AvgIpc) is 2.65. The molecule has 0 saturated carbocycles. The minimum absolute atomic E-state index is 0.928. The molecule has 0 radical (unpaired) electrons. The quantitative estimate of drug-likeness (QED) is 0.416. The van der Waals surface area contributed by atoms with Crippen LogP contribution in [0.2, 0.25) is 0 Å². The minimum atomic E-state index is 0.928. The van der Waals surface area contributed by atoms with Gasteiger partial charge in [-0.25, -0.2) is 0 Å². The van der Waals surface area contributed by atoms with E-state index in [0.29, 0.717) is 0 Å². The summed E-state index contributed by atoms with van der Waals surface area (Å²) < 4.78 is 0. The van der Waals surface area contributed by atoms with Gasteiger partial charge in [0.05, 0.1) is 0 Å². The monoisotopic (exact) mass is 338 g/mol. The van der Waals surface area contributed by atoms with Crippen LogP contribution in [0.3, 0.4) is 0 Å². The fraction of sp³-hybridized carbons (Fsp3) is 0.154. The Bertz CT molecular complexity index is 871. The molecule has 0 heterocycles. The van der Waals surface area contributed by atoms with E-state index in [9.17, 15) is 0 Å². The summed E-state index contributed by atoms with van der Waals surface area (Å²) in [7, 11) is 0. The Kier molecular flexibility index (Phi) is 7.47. The van der Waals surface area contributed by atoms with Crippen LogP contribution in [0.15, 0.2) is 110 Å². The number of benzene rings is 1. The third-order valence-electron chi connectivity index (χ3n) is 4.44. The van der Waals surface area contributed by atoms with Crippen molar-refractivity contribution in [2.24, 2.45) is 0 Å². The zero-order valence-electron chi connectivity index (χ0n) is 15.4. The summed E-state index contributed by atoms with van der Waals surface area (Å²) in [4.78, 5) is 0. The minimum Gasteiger partial charge on any atom is -0.0991 e. The number of hydrogen-bond acceptors (Lipinski definition) is 0. The van der Waals surface area contributed by atoms with Gasteiger partial charge in [0, 0.05) is 0 Å². The van der Waals surface area contributed by atoms with E-state index in [2.05, 4.69) is 74.2 Å². The van der Waals surface area contributed by atoms with Crippen molar-refractivity contribution in [3.63, 3.8) is 0 Å². The SMILES string of the molecule is C=C=C=C/C=C(\C=C)c1cc2ccc1CCC(=C)/C=C\C(=C/C=C)CC2. The normalized spacial score (nSPS) is 17.5. The Morgan fingerprint density at radius 1 is 1.04 bits per heavy atom. The molecule has 1 aromatic carbocycles. The molecule has 0 amide bonds. The summed E-state index contributed by atoms with van der Waals surface area (Å²) in [5, 5.41) is 0. The van der Waals surface area contributed by atoms with Crippen LogP contribution in [0.4, 0.5) is 0 Å². The third kappa shape index (κ3) is 5.50. The maximum Gasteiger partial charge on any atom is -0.0109 e. The first-order valence-corrected chi connectivity index (χ1v) is 8.91. The van der Waals surface area contributed by atoms with Crippen molar-refractivity contribution in [3.05, 3.63) is 126 Å². The molecule has 0 N–H and O–H groups in total. The molecule has 0 saturated heterocycles. The van der Waals surface area contributed by atoms with E-state index in [1.807, 2.05) is 24.3 Å². The van der Waals surface area contributed by atoms with Gasteiger partial charge in [-0.1, -0.05) is 85.4 Å². The van der Waals surface area contributed by atoms with Crippen LogP contribution < -0.4 is 0 Å².